The van der Waals surface area contributed by atoms with E-state index in [-0.39, 0.29) is 6.54 Å². The molecule has 0 aliphatic rings. The van der Waals surface area contributed by atoms with Crippen LogP contribution < -0.4 is 0 Å². The maximum atomic E-state index is 12.6. The number of amides is 1. The number of benzene rings is 1. The van der Waals surface area contributed by atoms with Crippen LogP contribution in [0.5, 0.6) is 0 Å². The van der Waals surface area contributed by atoms with Gasteiger partial charge < -0.3 is 4.90 Å². The predicted molar refractivity (Wildman–Crippen MR) is 72.2 cm³/mol. The number of sulfone groups is 1. The predicted octanol–water partition coefficient (Wildman–Crippen LogP) is 2.01. The van der Waals surface area contributed by atoms with E-state index in [0.29, 0.717) is 10.5 Å². The summed E-state index contributed by atoms with van der Waals surface area (Å²) in [7, 11) is -3.75. The van der Waals surface area contributed by atoms with Crippen molar-refractivity contribution in [2.24, 2.45) is 0 Å². The third-order valence-corrected chi connectivity index (χ3v) is 4.37. The highest BCUT2D eigenvalue weighted by molar-refractivity contribution is 7.92. The smallest absolute Gasteiger partial charge is 0.328 e. The van der Waals surface area contributed by atoms with Gasteiger partial charge in [0.1, 0.15) is 11.8 Å². The normalized spacial score (nSPS) is 13.8. The third kappa shape index (κ3) is 5.74. The van der Waals surface area contributed by atoms with Crippen molar-refractivity contribution in [2.45, 2.75) is 24.9 Å². The fourth-order valence-electron chi connectivity index (χ4n) is 1.67. The first-order chi connectivity index (χ1) is 9.50. The molecule has 21 heavy (non-hydrogen) atoms. The number of hydrogen-bond donors (Lipinski definition) is 0. The van der Waals surface area contributed by atoms with Gasteiger partial charge in [0.25, 0.3) is 0 Å². The average molecular weight is 323 g/mol. The van der Waals surface area contributed by atoms with Gasteiger partial charge in [-0.2, -0.15) is 13.2 Å². The Balaban J connectivity index is 3.00. The lowest BCUT2D eigenvalue weighted by molar-refractivity contribution is -0.162. The lowest BCUT2D eigenvalue weighted by atomic mass is 10.2. The molecule has 1 rings (SSSR count). The minimum atomic E-state index is -4.60. The largest absolute Gasteiger partial charge is 0.406 e. The van der Waals surface area contributed by atoms with Gasteiger partial charge in [0.05, 0.1) is 0 Å². The highest BCUT2D eigenvalue weighted by Crippen LogP contribution is 2.20. The zero-order valence-electron chi connectivity index (χ0n) is 11.6. The summed E-state index contributed by atoms with van der Waals surface area (Å²) in [6, 6.07) is 8.10. The molecule has 4 nitrogen and oxygen atoms in total. The second kappa shape index (κ2) is 6.46. The molecule has 0 spiro atoms. The van der Waals surface area contributed by atoms with Gasteiger partial charge in [-0.3, -0.25) is 4.79 Å². The van der Waals surface area contributed by atoms with E-state index in [0.717, 1.165) is 13.2 Å². The molecule has 0 fully saturated rings. The van der Waals surface area contributed by atoms with E-state index in [1.54, 1.807) is 30.3 Å². The molecular formula is C13H16F3NO3S. The van der Waals surface area contributed by atoms with Gasteiger partial charge in [0, 0.05) is 12.8 Å². The van der Waals surface area contributed by atoms with Crippen molar-refractivity contribution in [2.75, 3.05) is 12.8 Å². The molecular weight excluding hydrogens is 307 g/mol. The van der Waals surface area contributed by atoms with Crippen LogP contribution in [-0.4, -0.2) is 43.5 Å². The number of rotatable bonds is 5. The van der Waals surface area contributed by atoms with E-state index in [2.05, 4.69) is 0 Å². The molecule has 0 saturated heterocycles. The van der Waals surface area contributed by atoms with Crippen molar-refractivity contribution < 1.29 is 26.4 Å². The lowest BCUT2D eigenvalue weighted by Gasteiger charge is -2.26. The Hall–Kier alpha value is -1.57. The van der Waals surface area contributed by atoms with E-state index < -0.39 is 33.7 Å². The van der Waals surface area contributed by atoms with E-state index in [1.165, 1.54) is 0 Å². The molecule has 0 bridgehead atoms. The van der Waals surface area contributed by atoms with Crippen LogP contribution in [0.1, 0.15) is 12.5 Å². The quantitative estimate of drug-likeness (QED) is 0.833. The van der Waals surface area contributed by atoms with Gasteiger partial charge in [-0.15, -0.1) is 0 Å². The molecule has 0 aliphatic heterocycles. The summed E-state index contributed by atoms with van der Waals surface area (Å²) >= 11 is 0. The number of alkyl halides is 3. The first-order valence-electron chi connectivity index (χ1n) is 6.09. The van der Waals surface area contributed by atoms with Crippen molar-refractivity contribution in [3.8, 4) is 0 Å². The highest BCUT2D eigenvalue weighted by Gasteiger charge is 2.36. The average Bonchev–Trinajstić information content (AvgIpc) is 2.34. The van der Waals surface area contributed by atoms with Crippen LogP contribution in [0, 0.1) is 0 Å². The van der Waals surface area contributed by atoms with Crippen LogP contribution in [0.15, 0.2) is 30.3 Å². The molecule has 0 heterocycles. The second-order valence-electron chi connectivity index (χ2n) is 4.77. The first kappa shape index (κ1) is 17.5. The van der Waals surface area contributed by atoms with Crippen LogP contribution >= 0.6 is 0 Å². The summed E-state index contributed by atoms with van der Waals surface area (Å²) in [5, 5.41) is -1.51. The molecule has 0 aromatic heterocycles. The molecule has 1 amide bonds. The van der Waals surface area contributed by atoms with Crippen LogP contribution in [-0.2, 0) is 21.2 Å². The van der Waals surface area contributed by atoms with Crippen molar-refractivity contribution in [3.63, 3.8) is 0 Å². The fourth-order valence-corrected chi connectivity index (χ4v) is 2.19. The van der Waals surface area contributed by atoms with E-state index in [1.807, 2.05) is 0 Å². The van der Waals surface area contributed by atoms with E-state index in [4.69, 9.17) is 0 Å². The zero-order valence-corrected chi connectivity index (χ0v) is 12.4. The molecule has 1 aromatic carbocycles. The number of hydrogen-bond acceptors (Lipinski definition) is 3. The minimum Gasteiger partial charge on any atom is -0.328 e. The standard InChI is InChI=1S/C13H16F3NO3S/c1-10(21(2,19)20)12(18)17(9-13(14,15)16)8-11-6-4-3-5-7-11/h3-7,10H,8-9H2,1-2H3/t10-/m0/s1. The molecule has 0 unspecified atom stereocenters. The lowest BCUT2D eigenvalue weighted by Crippen LogP contribution is -2.45. The van der Waals surface area contributed by atoms with Crippen LogP contribution in [0.25, 0.3) is 0 Å². The Kier molecular flexibility index (Phi) is 5.38. The molecule has 1 aromatic rings. The SMILES string of the molecule is C[C@@H](C(=O)N(Cc1ccccc1)CC(F)(F)F)S(C)(=O)=O. The molecule has 0 saturated carbocycles. The van der Waals surface area contributed by atoms with Gasteiger partial charge in [-0.05, 0) is 12.5 Å². The number of nitrogens with zero attached hydrogens (tertiary/aromatic N) is 1. The maximum Gasteiger partial charge on any atom is 0.406 e. The summed E-state index contributed by atoms with van der Waals surface area (Å²) in [6.07, 6.45) is -3.77. The Morgan fingerprint density at radius 3 is 2.19 bits per heavy atom. The van der Waals surface area contributed by atoms with Gasteiger partial charge in [0.15, 0.2) is 9.84 Å². The first-order valence-corrected chi connectivity index (χ1v) is 8.04. The van der Waals surface area contributed by atoms with Gasteiger partial charge in [-0.1, -0.05) is 30.3 Å². The van der Waals surface area contributed by atoms with Crippen LogP contribution in [0.2, 0.25) is 0 Å². The molecule has 0 aliphatic carbocycles. The minimum absolute atomic E-state index is 0.293. The van der Waals surface area contributed by atoms with Crippen LogP contribution in [0.3, 0.4) is 0 Å². The summed E-state index contributed by atoms with van der Waals surface area (Å²) in [4.78, 5) is 12.5. The Labute approximate surface area is 121 Å². The third-order valence-electron chi connectivity index (χ3n) is 2.89. The Bertz CT molecular complexity index is 584. The monoisotopic (exact) mass is 323 g/mol. The van der Waals surface area contributed by atoms with Gasteiger partial charge in [0.2, 0.25) is 5.91 Å². The second-order valence-corrected chi connectivity index (χ2v) is 7.13. The van der Waals surface area contributed by atoms with Crippen molar-refractivity contribution in [1.82, 2.24) is 4.90 Å². The Morgan fingerprint density at radius 1 is 1.24 bits per heavy atom. The van der Waals surface area contributed by atoms with E-state index in [9.17, 15) is 26.4 Å². The molecule has 1 atom stereocenters. The molecule has 8 heteroatoms. The fraction of sp³-hybridized carbons (Fsp3) is 0.462. The van der Waals surface area contributed by atoms with Gasteiger partial charge >= 0.3 is 6.18 Å². The van der Waals surface area contributed by atoms with Crippen molar-refractivity contribution >= 4 is 15.7 Å². The van der Waals surface area contributed by atoms with Crippen molar-refractivity contribution in [1.29, 1.82) is 0 Å². The number of halogens is 3. The number of carbonyl (C=O) groups excluding carboxylic acids is 1. The molecule has 118 valence electrons. The summed E-state index contributed by atoms with van der Waals surface area (Å²) < 4.78 is 60.5. The molecule has 0 N–H and O–H groups in total. The summed E-state index contributed by atoms with van der Waals surface area (Å²) in [5.74, 6) is -1.06. The topological polar surface area (TPSA) is 54.5 Å². The summed E-state index contributed by atoms with van der Waals surface area (Å²) in [5.41, 5.74) is 0.496. The maximum absolute atomic E-state index is 12.6. The highest BCUT2D eigenvalue weighted by atomic mass is 32.2. The van der Waals surface area contributed by atoms with Crippen molar-refractivity contribution in [3.05, 3.63) is 35.9 Å². The summed E-state index contributed by atoms with van der Waals surface area (Å²) in [6.45, 7) is -0.689. The van der Waals surface area contributed by atoms with Crippen LogP contribution in [0.4, 0.5) is 13.2 Å². The zero-order chi connectivity index (χ0) is 16.3. The molecule has 0 radical (unpaired) electrons. The van der Waals surface area contributed by atoms with Gasteiger partial charge in [-0.25, -0.2) is 8.42 Å². The van der Waals surface area contributed by atoms with E-state index >= 15 is 0 Å². The Morgan fingerprint density at radius 2 is 1.76 bits per heavy atom. The number of carbonyl (C=O) groups is 1.